The van der Waals surface area contributed by atoms with Crippen molar-refractivity contribution < 1.29 is 37.4 Å². The quantitative estimate of drug-likeness (QED) is 0.357. The summed E-state index contributed by atoms with van der Waals surface area (Å²) in [5.74, 6) is 0.163. The summed E-state index contributed by atoms with van der Waals surface area (Å²) in [6.07, 6.45) is 0.424. The molecule has 0 radical (unpaired) electrons. The van der Waals surface area contributed by atoms with Gasteiger partial charge in [-0.25, -0.2) is 13.9 Å². The molecule has 1 fully saturated rings. The van der Waals surface area contributed by atoms with Crippen LogP contribution in [0.1, 0.15) is 32.3 Å². The van der Waals surface area contributed by atoms with Gasteiger partial charge in [-0.2, -0.15) is 4.98 Å². The lowest BCUT2D eigenvalue weighted by molar-refractivity contribution is -0.143. The fourth-order valence-corrected chi connectivity index (χ4v) is 5.57. The van der Waals surface area contributed by atoms with Crippen molar-refractivity contribution in [3.05, 3.63) is 42.0 Å². The first-order valence-electron chi connectivity index (χ1n) is 11.1. The predicted molar refractivity (Wildman–Crippen MR) is 122 cm³/mol. The van der Waals surface area contributed by atoms with E-state index in [-0.39, 0.29) is 37.6 Å². The second-order valence-electron chi connectivity index (χ2n) is 7.87. The van der Waals surface area contributed by atoms with Crippen LogP contribution in [0.5, 0.6) is 17.5 Å². The Bertz CT molecular complexity index is 1040. The molecular weight excluding hydrogens is 464 g/mol. The molecule has 0 saturated carbocycles. The number of amides is 1. The van der Waals surface area contributed by atoms with Gasteiger partial charge in [-0.3, -0.25) is 10.0 Å². The summed E-state index contributed by atoms with van der Waals surface area (Å²) in [5, 5.41) is 9.13. The van der Waals surface area contributed by atoms with Gasteiger partial charge in [0.15, 0.2) is 9.84 Å². The van der Waals surface area contributed by atoms with E-state index in [9.17, 15) is 13.2 Å². The Kier molecular flexibility index (Phi) is 8.70. The SMILES string of the molecule is CCOc1cc(OCc2ccc(S(=O)(=O)CC3(C(=O)NO)CCOCC3)cc2)cc(OCC)n1. The van der Waals surface area contributed by atoms with E-state index in [4.69, 9.17) is 24.2 Å². The molecule has 2 N–H and O–H groups in total. The molecule has 10 nitrogen and oxygen atoms in total. The van der Waals surface area contributed by atoms with Crippen molar-refractivity contribution in [2.24, 2.45) is 5.41 Å². The van der Waals surface area contributed by atoms with Gasteiger partial charge in [0.25, 0.3) is 5.91 Å². The van der Waals surface area contributed by atoms with E-state index in [0.29, 0.717) is 30.7 Å². The number of benzene rings is 1. The highest BCUT2D eigenvalue weighted by Crippen LogP contribution is 2.34. The lowest BCUT2D eigenvalue weighted by Crippen LogP contribution is -2.47. The molecule has 0 spiro atoms. The molecule has 1 amide bonds. The number of rotatable bonds is 11. The smallest absolute Gasteiger partial charge is 0.250 e. The van der Waals surface area contributed by atoms with Crippen molar-refractivity contribution >= 4 is 15.7 Å². The zero-order chi connectivity index (χ0) is 24.6. The third-order valence-electron chi connectivity index (χ3n) is 5.52. The minimum absolute atomic E-state index is 0.0917. The van der Waals surface area contributed by atoms with Crippen LogP contribution in [0.4, 0.5) is 0 Å². The largest absolute Gasteiger partial charge is 0.489 e. The van der Waals surface area contributed by atoms with Crippen molar-refractivity contribution in [1.29, 1.82) is 0 Å². The fraction of sp³-hybridized carbons (Fsp3) is 0.478. The average molecular weight is 495 g/mol. The number of carbonyl (C=O) groups excluding carboxylic acids is 1. The normalized spacial score (nSPS) is 15.4. The van der Waals surface area contributed by atoms with Crippen LogP contribution in [0.2, 0.25) is 0 Å². The number of hydrogen-bond acceptors (Lipinski definition) is 9. The van der Waals surface area contributed by atoms with Crippen molar-refractivity contribution in [2.45, 2.75) is 38.2 Å². The summed E-state index contributed by atoms with van der Waals surface area (Å²) < 4.78 is 48.1. The Morgan fingerprint density at radius 2 is 1.65 bits per heavy atom. The Morgan fingerprint density at radius 3 is 2.18 bits per heavy atom. The standard InChI is InChI=1S/C23H30N2O8S/c1-3-31-20-13-18(14-21(24-20)32-4-2)33-15-17-5-7-19(8-6-17)34(28,29)16-23(22(26)25-27)9-11-30-12-10-23/h5-8,13-14,27H,3-4,9-12,15-16H2,1-2H3,(H,25,26). The molecule has 1 aliphatic heterocycles. The van der Waals surface area contributed by atoms with Gasteiger partial charge < -0.3 is 18.9 Å². The number of ether oxygens (including phenoxy) is 4. The molecule has 3 rings (SSSR count). The minimum Gasteiger partial charge on any atom is -0.489 e. The predicted octanol–water partition coefficient (Wildman–Crippen LogP) is 2.53. The number of carbonyl (C=O) groups is 1. The van der Waals surface area contributed by atoms with Crippen molar-refractivity contribution in [2.75, 3.05) is 32.2 Å². The molecule has 0 bridgehead atoms. The van der Waals surface area contributed by atoms with Crippen molar-refractivity contribution in [3.63, 3.8) is 0 Å². The molecule has 0 unspecified atom stereocenters. The van der Waals surface area contributed by atoms with Crippen LogP contribution >= 0.6 is 0 Å². The van der Waals surface area contributed by atoms with E-state index in [1.165, 1.54) is 12.1 Å². The molecule has 2 aromatic rings. The average Bonchev–Trinajstić information content (AvgIpc) is 2.83. The highest BCUT2D eigenvalue weighted by atomic mass is 32.2. The first-order chi connectivity index (χ1) is 16.3. The molecule has 34 heavy (non-hydrogen) atoms. The molecule has 2 heterocycles. The van der Waals surface area contributed by atoms with Crippen molar-refractivity contribution in [1.82, 2.24) is 10.5 Å². The van der Waals surface area contributed by atoms with E-state index in [2.05, 4.69) is 4.98 Å². The van der Waals surface area contributed by atoms with E-state index < -0.39 is 26.9 Å². The van der Waals surface area contributed by atoms with Gasteiger partial charge in [0.2, 0.25) is 11.8 Å². The lowest BCUT2D eigenvalue weighted by atomic mass is 9.81. The first kappa shape index (κ1) is 25.7. The molecule has 0 aliphatic carbocycles. The highest BCUT2D eigenvalue weighted by molar-refractivity contribution is 7.91. The number of aromatic nitrogens is 1. The summed E-state index contributed by atoms with van der Waals surface area (Å²) in [4.78, 5) is 16.6. The molecule has 1 aromatic heterocycles. The van der Waals surface area contributed by atoms with Gasteiger partial charge in [-0.1, -0.05) is 12.1 Å². The van der Waals surface area contributed by atoms with Gasteiger partial charge in [-0.15, -0.1) is 0 Å². The topological polar surface area (TPSA) is 133 Å². The van der Waals surface area contributed by atoms with Crippen molar-refractivity contribution in [3.8, 4) is 17.5 Å². The van der Waals surface area contributed by atoms with Crippen LogP contribution < -0.4 is 19.7 Å². The fourth-order valence-electron chi connectivity index (χ4n) is 3.71. The third kappa shape index (κ3) is 6.37. The van der Waals surface area contributed by atoms with E-state index >= 15 is 0 Å². The lowest BCUT2D eigenvalue weighted by Gasteiger charge is -2.34. The van der Waals surface area contributed by atoms with Gasteiger partial charge in [0, 0.05) is 25.3 Å². The van der Waals surface area contributed by atoms with Crippen LogP contribution in [0.3, 0.4) is 0 Å². The molecule has 11 heteroatoms. The Morgan fingerprint density at radius 1 is 1.06 bits per heavy atom. The number of sulfone groups is 1. The minimum atomic E-state index is -3.79. The zero-order valence-electron chi connectivity index (χ0n) is 19.3. The molecule has 1 aliphatic rings. The summed E-state index contributed by atoms with van der Waals surface area (Å²) in [5.41, 5.74) is 1.14. The number of hydroxylamine groups is 1. The Hall–Kier alpha value is -2.89. The van der Waals surface area contributed by atoms with Gasteiger partial charge in [0.05, 0.1) is 29.3 Å². The van der Waals surface area contributed by atoms with Crippen LogP contribution in [-0.2, 0) is 26.0 Å². The first-order valence-corrected chi connectivity index (χ1v) is 12.7. The Labute approximate surface area is 199 Å². The molecule has 1 saturated heterocycles. The highest BCUT2D eigenvalue weighted by Gasteiger charge is 2.44. The third-order valence-corrected chi connectivity index (χ3v) is 7.45. The van der Waals surface area contributed by atoms with E-state index in [1.54, 1.807) is 29.7 Å². The van der Waals surface area contributed by atoms with Crippen LogP contribution in [-0.4, -0.2) is 56.7 Å². The van der Waals surface area contributed by atoms with E-state index in [0.717, 1.165) is 5.56 Å². The number of pyridine rings is 1. The molecule has 186 valence electrons. The maximum absolute atomic E-state index is 13.0. The van der Waals surface area contributed by atoms with Gasteiger partial charge in [0.1, 0.15) is 12.4 Å². The zero-order valence-corrected chi connectivity index (χ0v) is 20.1. The number of nitrogens with zero attached hydrogens (tertiary/aromatic N) is 1. The van der Waals surface area contributed by atoms with Gasteiger partial charge in [-0.05, 0) is 44.4 Å². The summed E-state index contributed by atoms with van der Waals surface area (Å²) in [6, 6.07) is 9.60. The summed E-state index contributed by atoms with van der Waals surface area (Å²) in [7, 11) is -3.79. The summed E-state index contributed by atoms with van der Waals surface area (Å²) in [6.45, 7) is 5.30. The molecule has 1 aromatic carbocycles. The molecule has 0 atom stereocenters. The maximum atomic E-state index is 13.0. The summed E-state index contributed by atoms with van der Waals surface area (Å²) >= 11 is 0. The second kappa shape index (κ2) is 11.5. The number of nitrogens with one attached hydrogen (secondary N) is 1. The van der Waals surface area contributed by atoms with Crippen LogP contribution in [0.15, 0.2) is 41.3 Å². The maximum Gasteiger partial charge on any atom is 0.250 e. The van der Waals surface area contributed by atoms with Crippen LogP contribution in [0.25, 0.3) is 0 Å². The second-order valence-corrected chi connectivity index (χ2v) is 9.86. The number of hydrogen-bond donors (Lipinski definition) is 2. The van der Waals surface area contributed by atoms with Gasteiger partial charge >= 0.3 is 0 Å². The monoisotopic (exact) mass is 494 g/mol. The van der Waals surface area contributed by atoms with E-state index in [1.807, 2.05) is 13.8 Å². The molecular formula is C23H30N2O8S. The van der Waals surface area contributed by atoms with Crippen LogP contribution in [0, 0.1) is 5.41 Å². The Balaban J connectivity index is 1.70.